The van der Waals surface area contributed by atoms with Gasteiger partial charge < -0.3 is 23.4 Å². The number of esters is 1. The van der Waals surface area contributed by atoms with Crippen LogP contribution >= 0.6 is 0 Å². The number of hydrogen-bond acceptors (Lipinski definition) is 6. The second-order valence-corrected chi connectivity index (χ2v) is 19.4. The van der Waals surface area contributed by atoms with Crippen LogP contribution in [0.3, 0.4) is 0 Å². The summed E-state index contributed by atoms with van der Waals surface area (Å²) >= 11 is 0. The molecule has 52 heavy (non-hydrogen) atoms. The summed E-state index contributed by atoms with van der Waals surface area (Å²) in [4.78, 5) is 13.5. The summed E-state index contributed by atoms with van der Waals surface area (Å²) in [6.45, 7) is 19.9. The molecular weight excluding hydrogens is 665 g/mol. The van der Waals surface area contributed by atoms with Gasteiger partial charge in [-0.15, -0.1) is 0 Å². The van der Waals surface area contributed by atoms with E-state index in [1.807, 2.05) is 37.3 Å². The summed E-state index contributed by atoms with van der Waals surface area (Å²) in [7, 11) is 0.191. The molecule has 0 amide bonds. The fourth-order valence-corrected chi connectivity index (χ4v) is 12.3. The predicted octanol–water partition coefficient (Wildman–Crippen LogP) is 9.34. The van der Waals surface area contributed by atoms with Crippen LogP contribution in [0.4, 0.5) is 0 Å². The van der Waals surface area contributed by atoms with E-state index >= 15 is 0 Å². The third-order valence-corrected chi connectivity index (χ3v) is 15.6. The van der Waals surface area contributed by atoms with Crippen molar-refractivity contribution in [3.63, 3.8) is 0 Å². The molecule has 4 rings (SSSR count). The van der Waals surface area contributed by atoms with E-state index in [0.29, 0.717) is 12.2 Å². The Bertz CT molecular complexity index is 1650. The van der Waals surface area contributed by atoms with Crippen molar-refractivity contribution in [2.75, 3.05) is 14.2 Å². The minimum absolute atomic E-state index is 0.0193. The number of allylic oxidation sites excluding steroid dienone is 2. The maximum absolute atomic E-state index is 13.5. The zero-order valence-electron chi connectivity index (χ0n) is 33.2. The van der Waals surface area contributed by atoms with Gasteiger partial charge in [-0.3, -0.25) is 0 Å². The van der Waals surface area contributed by atoms with E-state index in [1.165, 1.54) is 23.1 Å². The number of ether oxygens (including phenoxy) is 4. The third kappa shape index (κ3) is 8.65. The van der Waals surface area contributed by atoms with Gasteiger partial charge in [-0.2, -0.15) is 0 Å². The van der Waals surface area contributed by atoms with Gasteiger partial charge in [0.15, 0.2) is 0 Å². The van der Waals surface area contributed by atoms with E-state index in [9.17, 15) is 4.79 Å². The highest BCUT2D eigenvalue weighted by Gasteiger charge is 2.52. The topological polar surface area (TPSA) is 63.2 Å². The van der Waals surface area contributed by atoms with Crippen molar-refractivity contribution >= 4 is 24.7 Å². The Morgan fingerprint density at radius 2 is 1.52 bits per heavy atom. The lowest BCUT2D eigenvalue weighted by molar-refractivity contribution is -0.174. The summed E-state index contributed by atoms with van der Waals surface area (Å²) in [5.74, 6) is 0.990. The minimum atomic E-state index is -2.84. The number of benzene rings is 3. The van der Waals surface area contributed by atoms with Crippen molar-refractivity contribution in [2.24, 2.45) is 11.8 Å². The van der Waals surface area contributed by atoms with Gasteiger partial charge in [-0.05, 0) is 83.9 Å². The number of rotatable bonds is 15. The van der Waals surface area contributed by atoms with Gasteiger partial charge in [0.25, 0.3) is 8.32 Å². The van der Waals surface area contributed by atoms with Crippen LogP contribution in [0, 0.1) is 11.8 Å². The van der Waals surface area contributed by atoms with Crippen molar-refractivity contribution in [3.05, 3.63) is 126 Å². The molecule has 0 saturated heterocycles. The quantitative estimate of drug-likeness (QED) is 0.0885. The zero-order valence-corrected chi connectivity index (χ0v) is 34.2. The van der Waals surface area contributed by atoms with Gasteiger partial charge in [-0.1, -0.05) is 126 Å². The Morgan fingerprint density at radius 1 is 0.942 bits per heavy atom. The zero-order chi connectivity index (χ0) is 38.1. The van der Waals surface area contributed by atoms with Crippen molar-refractivity contribution in [1.82, 2.24) is 0 Å². The normalized spacial score (nSPS) is 19.5. The number of hydrogen-bond donors (Lipinski definition) is 0. The van der Waals surface area contributed by atoms with Crippen molar-refractivity contribution in [3.8, 4) is 5.75 Å². The van der Waals surface area contributed by atoms with Crippen LogP contribution in [0.2, 0.25) is 5.04 Å². The van der Waals surface area contributed by atoms with Crippen LogP contribution in [-0.2, 0) is 30.0 Å². The Morgan fingerprint density at radius 3 is 2.00 bits per heavy atom. The van der Waals surface area contributed by atoms with E-state index < -0.39 is 19.9 Å². The molecule has 1 heterocycles. The number of carbonyl (C=O) groups excluding carboxylic acids is 1. The van der Waals surface area contributed by atoms with Crippen LogP contribution < -0.4 is 15.1 Å². The van der Waals surface area contributed by atoms with Crippen LogP contribution in [0.15, 0.2) is 120 Å². The molecule has 0 fully saturated rings. The summed E-state index contributed by atoms with van der Waals surface area (Å²) in [5.41, 5.74) is 1.82. The van der Waals surface area contributed by atoms with Crippen molar-refractivity contribution in [2.45, 2.75) is 105 Å². The van der Waals surface area contributed by atoms with Crippen LogP contribution in [-0.4, -0.2) is 46.3 Å². The molecule has 0 N–H and O–H groups in total. The van der Waals surface area contributed by atoms with Crippen LogP contribution in [0.5, 0.6) is 5.75 Å². The van der Waals surface area contributed by atoms with E-state index in [2.05, 4.69) is 128 Å². The first-order valence-corrected chi connectivity index (χ1v) is 20.5. The average Bonchev–Trinajstić information content (AvgIpc) is 3.16. The fraction of sp³-hybridized carbons (Fsp3) is 0.444. The van der Waals surface area contributed by atoms with Crippen molar-refractivity contribution < 1.29 is 28.2 Å². The van der Waals surface area contributed by atoms with Crippen LogP contribution in [0.25, 0.3) is 0 Å². The second kappa shape index (κ2) is 17.7. The molecule has 280 valence electrons. The average molecular weight is 725 g/mol. The predicted molar refractivity (Wildman–Crippen MR) is 214 cm³/mol. The molecule has 0 aromatic heterocycles. The van der Waals surface area contributed by atoms with Gasteiger partial charge in [0.1, 0.15) is 17.6 Å². The van der Waals surface area contributed by atoms with E-state index in [4.69, 9.17) is 23.4 Å². The Kier molecular flexibility index (Phi) is 13.9. The smallest absolute Gasteiger partial charge is 0.346 e. The molecule has 6 nitrogen and oxygen atoms in total. The van der Waals surface area contributed by atoms with Crippen LogP contribution in [0.1, 0.15) is 80.7 Å². The standard InChI is InChI=1S/C45H60O6Si/c1-12-32(3)42(51-52(44(7,8)9,38-20-16-14-17-21-38)39-22-18-15-19-23-39)35(6)30-34(5)41-33(4)24-29-40(50-41)45(13-2,43(46)48-11)49-31-36-25-27-37(47-10)28-26-36/h12,14-23,25-30,33,35,41-42H,13,24,31H2,1-11H3/b32-12+,34-30+/t33-,35-,41-,42-,45-/m0/s1. The summed E-state index contributed by atoms with van der Waals surface area (Å²) < 4.78 is 31.7. The molecule has 0 saturated carbocycles. The first kappa shape index (κ1) is 40.9. The van der Waals surface area contributed by atoms with Gasteiger partial charge in [-0.25, -0.2) is 4.79 Å². The SMILES string of the molecule is C/C=C(\C)[C@H](O[Si](c1ccccc1)(c1ccccc1)C(C)(C)C)[C@@H](C)/C=C(\C)[C@H]1OC([C@](CC)(OCc2ccc(OC)cc2)C(=O)OC)=CC[C@@H]1C. The minimum Gasteiger partial charge on any atom is -0.497 e. The molecule has 1 aliphatic heterocycles. The molecular formula is C45H60O6Si. The Labute approximate surface area is 314 Å². The molecule has 0 aliphatic carbocycles. The highest BCUT2D eigenvalue weighted by molar-refractivity contribution is 6.99. The number of methoxy groups -OCH3 is 2. The van der Waals surface area contributed by atoms with Gasteiger partial charge in [0, 0.05) is 11.8 Å². The molecule has 0 spiro atoms. The maximum atomic E-state index is 13.5. The van der Waals surface area contributed by atoms with Crippen molar-refractivity contribution in [1.29, 1.82) is 0 Å². The largest absolute Gasteiger partial charge is 0.497 e. The van der Waals surface area contributed by atoms with Gasteiger partial charge in [0.05, 0.1) is 26.9 Å². The molecule has 1 aliphatic rings. The van der Waals surface area contributed by atoms with Gasteiger partial charge >= 0.3 is 5.97 Å². The molecule has 0 radical (unpaired) electrons. The molecule has 0 bridgehead atoms. The molecule has 3 aromatic carbocycles. The Balaban J connectivity index is 1.69. The molecule has 0 unspecified atom stereocenters. The summed E-state index contributed by atoms with van der Waals surface area (Å²) in [5, 5.41) is 2.34. The second-order valence-electron chi connectivity index (χ2n) is 15.1. The maximum Gasteiger partial charge on any atom is 0.346 e. The highest BCUT2D eigenvalue weighted by atomic mass is 28.4. The first-order chi connectivity index (χ1) is 24.8. The monoisotopic (exact) mass is 724 g/mol. The molecule has 7 heteroatoms. The van der Waals surface area contributed by atoms with E-state index in [0.717, 1.165) is 23.3 Å². The lowest BCUT2D eigenvalue weighted by Gasteiger charge is -2.46. The summed E-state index contributed by atoms with van der Waals surface area (Å²) in [6.07, 6.45) is 7.14. The molecule has 3 aromatic rings. The Hall–Kier alpha value is -3.91. The lowest BCUT2D eigenvalue weighted by Crippen LogP contribution is -2.68. The lowest BCUT2D eigenvalue weighted by atomic mass is 9.86. The first-order valence-electron chi connectivity index (χ1n) is 18.6. The van der Waals surface area contributed by atoms with E-state index in [1.54, 1.807) is 7.11 Å². The fourth-order valence-electron chi connectivity index (χ4n) is 7.52. The summed E-state index contributed by atoms with van der Waals surface area (Å²) in [6, 6.07) is 29.2. The third-order valence-electron chi connectivity index (χ3n) is 10.6. The molecule has 5 atom stereocenters. The number of carbonyl (C=O) groups is 1. The van der Waals surface area contributed by atoms with Gasteiger partial charge in [0.2, 0.25) is 5.60 Å². The van der Waals surface area contributed by atoms with E-state index in [-0.39, 0.29) is 35.7 Å². The highest BCUT2D eigenvalue weighted by Crippen LogP contribution is 2.41.